The van der Waals surface area contributed by atoms with Crippen LogP contribution in [0.1, 0.15) is 58.8 Å². The van der Waals surface area contributed by atoms with Crippen LogP contribution < -0.4 is 0 Å². The smallest absolute Gasteiger partial charge is 0.0540 e. The van der Waals surface area contributed by atoms with Gasteiger partial charge in [0.2, 0.25) is 0 Å². The molecule has 0 heterocycles. The molecular weight excluding hydrogens is 160 g/mol. The van der Waals surface area contributed by atoms with Crippen LogP contribution in [0.2, 0.25) is 0 Å². The lowest BCUT2D eigenvalue weighted by molar-refractivity contribution is 0.115. The van der Waals surface area contributed by atoms with Gasteiger partial charge in [0.25, 0.3) is 0 Å². The molecule has 0 saturated heterocycles. The quantitative estimate of drug-likeness (QED) is 0.667. The lowest BCUT2D eigenvalue weighted by Crippen LogP contribution is -2.15. The first-order chi connectivity index (χ1) is 6.24. The fraction of sp³-hybridized carbons (Fsp3) is 1.00. The van der Waals surface area contributed by atoms with E-state index in [1.54, 1.807) is 0 Å². The Morgan fingerprint density at radius 3 is 2.62 bits per heavy atom. The van der Waals surface area contributed by atoms with E-state index >= 15 is 0 Å². The van der Waals surface area contributed by atoms with Gasteiger partial charge in [0.05, 0.1) is 6.10 Å². The van der Waals surface area contributed by atoms with Crippen LogP contribution in [0.5, 0.6) is 0 Å². The van der Waals surface area contributed by atoms with E-state index in [2.05, 4.69) is 6.92 Å². The second-order valence-electron chi connectivity index (χ2n) is 4.66. The zero-order valence-corrected chi connectivity index (χ0v) is 9.13. The third-order valence-corrected chi connectivity index (χ3v) is 3.51. The van der Waals surface area contributed by atoms with Crippen molar-refractivity contribution in [3.8, 4) is 0 Å². The summed E-state index contributed by atoms with van der Waals surface area (Å²) in [5.41, 5.74) is 0. The lowest BCUT2D eigenvalue weighted by atomic mass is 9.93. The molecular formula is C12H24O. The van der Waals surface area contributed by atoms with Gasteiger partial charge in [0.15, 0.2) is 0 Å². The third kappa shape index (κ3) is 3.68. The Morgan fingerprint density at radius 1 is 1.23 bits per heavy atom. The predicted octanol–water partition coefficient (Wildman–Crippen LogP) is 3.36. The number of aliphatic hydroxyl groups excluding tert-OH is 1. The maximum Gasteiger partial charge on any atom is 0.0540 e. The molecule has 0 bridgehead atoms. The molecule has 78 valence electrons. The van der Waals surface area contributed by atoms with E-state index in [4.69, 9.17) is 0 Å². The van der Waals surface area contributed by atoms with Crippen molar-refractivity contribution in [2.24, 2.45) is 11.8 Å². The molecule has 0 amide bonds. The summed E-state index contributed by atoms with van der Waals surface area (Å²) in [6.45, 7) is 4.22. The number of hydrogen-bond acceptors (Lipinski definition) is 1. The summed E-state index contributed by atoms with van der Waals surface area (Å²) in [6, 6.07) is 0. The van der Waals surface area contributed by atoms with Crippen molar-refractivity contribution in [3.05, 3.63) is 0 Å². The highest BCUT2D eigenvalue weighted by Gasteiger charge is 2.21. The molecule has 1 aliphatic rings. The first-order valence-corrected chi connectivity index (χ1v) is 5.92. The van der Waals surface area contributed by atoms with E-state index in [1.165, 1.54) is 44.9 Å². The molecule has 3 atom stereocenters. The highest BCUT2D eigenvalue weighted by Crippen LogP contribution is 2.31. The minimum atomic E-state index is -0.0830. The second kappa shape index (κ2) is 5.64. The Balaban J connectivity index is 2.30. The van der Waals surface area contributed by atoms with E-state index in [-0.39, 0.29) is 6.10 Å². The molecule has 0 aromatic rings. The van der Waals surface area contributed by atoms with E-state index in [0.717, 1.165) is 5.92 Å². The van der Waals surface area contributed by atoms with Crippen molar-refractivity contribution in [3.63, 3.8) is 0 Å². The standard InChI is InChI=1S/C12H24O/c1-3-5-11-6-4-7-12(9-8-11)10(2)13/h10-13H,3-9H2,1-2H3. The fourth-order valence-electron chi connectivity index (χ4n) is 2.59. The first-order valence-electron chi connectivity index (χ1n) is 5.92. The molecule has 1 fully saturated rings. The van der Waals surface area contributed by atoms with Crippen LogP contribution in [-0.4, -0.2) is 11.2 Å². The van der Waals surface area contributed by atoms with Crippen LogP contribution in [0.25, 0.3) is 0 Å². The summed E-state index contributed by atoms with van der Waals surface area (Å²) in [5, 5.41) is 9.52. The molecule has 1 aliphatic carbocycles. The summed E-state index contributed by atoms with van der Waals surface area (Å²) in [5.74, 6) is 1.54. The highest BCUT2D eigenvalue weighted by atomic mass is 16.3. The summed E-state index contributed by atoms with van der Waals surface area (Å²) in [6.07, 6.45) is 9.22. The van der Waals surface area contributed by atoms with Gasteiger partial charge in [0, 0.05) is 0 Å². The van der Waals surface area contributed by atoms with Gasteiger partial charge in [0.1, 0.15) is 0 Å². The lowest BCUT2D eigenvalue weighted by Gasteiger charge is -2.17. The second-order valence-corrected chi connectivity index (χ2v) is 4.66. The minimum absolute atomic E-state index is 0.0830. The molecule has 0 spiro atoms. The molecule has 1 nitrogen and oxygen atoms in total. The maximum absolute atomic E-state index is 9.52. The normalized spacial score (nSPS) is 32.5. The van der Waals surface area contributed by atoms with Gasteiger partial charge in [-0.25, -0.2) is 0 Å². The van der Waals surface area contributed by atoms with Gasteiger partial charge in [-0.2, -0.15) is 0 Å². The molecule has 3 unspecified atom stereocenters. The third-order valence-electron chi connectivity index (χ3n) is 3.51. The van der Waals surface area contributed by atoms with Crippen LogP contribution in [0.15, 0.2) is 0 Å². The Bertz CT molecular complexity index is 131. The van der Waals surface area contributed by atoms with Gasteiger partial charge >= 0.3 is 0 Å². The predicted molar refractivity (Wildman–Crippen MR) is 56.7 cm³/mol. The zero-order chi connectivity index (χ0) is 9.68. The number of hydrogen-bond donors (Lipinski definition) is 1. The molecule has 0 aromatic carbocycles. The molecule has 1 N–H and O–H groups in total. The molecule has 1 saturated carbocycles. The van der Waals surface area contributed by atoms with Crippen molar-refractivity contribution < 1.29 is 5.11 Å². The summed E-state index contributed by atoms with van der Waals surface area (Å²) in [7, 11) is 0. The van der Waals surface area contributed by atoms with Crippen molar-refractivity contribution >= 4 is 0 Å². The topological polar surface area (TPSA) is 20.2 Å². The number of rotatable bonds is 3. The summed E-state index contributed by atoms with van der Waals surface area (Å²) in [4.78, 5) is 0. The zero-order valence-electron chi connectivity index (χ0n) is 9.13. The van der Waals surface area contributed by atoms with Crippen molar-refractivity contribution in [1.82, 2.24) is 0 Å². The van der Waals surface area contributed by atoms with Gasteiger partial charge < -0.3 is 5.11 Å². The van der Waals surface area contributed by atoms with Gasteiger partial charge in [-0.05, 0) is 31.6 Å². The van der Waals surface area contributed by atoms with E-state index in [0.29, 0.717) is 5.92 Å². The molecule has 0 aromatic heterocycles. The van der Waals surface area contributed by atoms with Crippen LogP contribution in [0, 0.1) is 11.8 Å². The molecule has 1 rings (SSSR count). The maximum atomic E-state index is 9.52. The highest BCUT2D eigenvalue weighted by molar-refractivity contribution is 4.73. The van der Waals surface area contributed by atoms with Crippen molar-refractivity contribution in [1.29, 1.82) is 0 Å². The molecule has 13 heavy (non-hydrogen) atoms. The minimum Gasteiger partial charge on any atom is -0.393 e. The molecule has 0 radical (unpaired) electrons. The Kier molecular flexibility index (Phi) is 4.79. The SMILES string of the molecule is CCCC1CCCC(C(C)O)CC1. The molecule has 0 aliphatic heterocycles. The van der Waals surface area contributed by atoms with Crippen LogP contribution in [0.3, 0.4) is 0 Å². The Morgan fingerprint density at radius 2 is 2.00 bits per heavy atom. The van der Waals surface area contributed by atoms with Gasteiger partial charge in [-0.15, -0.1) is 0 Å². The first kappa shape index (κ1) is 11.0. The van der Waals surface area contributed by atoms with Gasteiger partial charge in [-0.3, -0.25) is 0 Å². The Hall–Kier alpha value is -0.0400. The van der Waals surface area contributed by atoms with Crippen LogP contribution in [-0.2, 0) is 0 Å². The Labute approximate surface area is 82.5 Å². The fourth-order valence-corrected chi connectivity index (χ4v) is 2.59. The van der Waals surface area contributed by atoms with Crippen molar-refractivity contribution in [2.75, 3.05) is 0 Å². The molecule has 1 heteroatoms. The van der Waals surface area contributed by atoms with Crippen molar-refractivity contribution in [2.45, 2.75) is 64.9 Å². The monoisotopic (exact) mass is 184 g/mol. The summed E-state index contributed by atoms with van der Waals surface area (Å²) >= 11 is 0. The number of aliphatic hydroxyl groups is 1. The largest absolute Gasteiger partial charge is 0.393 e. The van der Waals surface area contributed by atoms with Crippen LogP contribution >= 0.6 is 0 Å². The average Bonchev–Trinajstić information content (AvgIpc) is 2.30. The van der Waals surface area contributed by atoms with Gasteiger partial charge in [-0.1, -0.05) is 39.0 Å². The average molecular weight is 184 g/mol. The van der Waals surface area contributed by atoms with E-state index in [9.17, 15) is 5.11 Å². The van der Waals surface area contributed by atoms with E-state index < -0.39 is 0 Å². The van der Waals surface area contributed by atoms with E-state index in [1.807, 2.05) is 6.92 Å². The summed E-state index contributed by atoms with van der Waals surface area (Å²) < 4.78 is 0. The van der Waals surface area contributed by atoms with Crippen LogP contribution in [0.4, 0.5) is 0 Å².